The Morgan fingerprint density at radius 2 is 1.95 bits per heavy atom. The fraction of sp³-hybridized carbons (Fsp3) is 0.267. The van der Waals surface area contributed by atoms with Crippen LogP contribution in [0.5, 0.6) is 0 Å². The molecule has 22 heavy (non-hydrogen) atoms. The van der Waals surface area contributed by atoms with Gasteiger partial charge >= 0.3 is 0 Å². The summed E-state index contributed by atoms with van der Waals surface area (Å²) in [5.74, 6) is 0.425. The maximum absolute atomic E-state index is 11.4. The van der Waals surface area contributed by atoms with E-state index in [0.29, 0.717) is 16.8 Å². The second kappa shape index (κ2) is 8.14. The summed E-state index contributed by atoms with van der Waals surface area (Å²) >= 11 is 5.22. The molecule has 0 saturated carbocycles. The molecule has 0 aliphatic rings. The average molecular weight is 381 g/mol. The molecule has 2 N–H and O–H groups in total. The van der Waals surface area contributed by atoms with Crippen molar-refractivity contribution in [3.8, 4) is 0 Å². The van der Waals surface area contributed by atoms with Crippen LogP contribution in [0.2, 0.25) is 0 Å². The minimum atomic E-state index is -0.238. The number of benzene rings is 1. The van der Waals surface area contributed by atoms with Crippen molar-refractivity contribution in [2.24, 2.45) is 0 Å². The minimum Gasteiger partial charge on any atom is -0.367 e. The molecule has 1 unspecified atom stereocenters. The maximum atomic E-state index is 11.4. The van der Waals surface area contributed by atoms with Gasteiger partial charge in [-0.25, -0.2) is 0 Å². The van der Waals surface area contributed by atoms with Crippen molar-refractivity contribution in [2.75, 3.05) is 18.9 Å². The summed E-state index contributed by atoms with van der Waals surface area (Å²) in [6.07, 6.45) is 0. The number of carbonyl (C=O) groups excluding carboxylic acids is 1. The first-order valence-electron chi connectivity index (χ1n) is 6.80. The number of rotatable bonds is 6. The first-order chi connectivity index (χ1) is 10.6. The lowest BCUT2D eigenvalue weighted by Gasteiger charge is -2.12. The summed E-state index contributed by atoms with van der Waals surface area (Å²) in [6.45, 7) is 2.90. The summed E-state index contributed by atoms with van der Waals surface area (Å²) in [6, 6.07) is 11.7. The molecule has 0 bridgehead atoms. The zero-order chi connectivity index (χ0) is 15.9. The summed E-state index contributed by atoms with van der Waals surface area (Å²) in [5, 5.41) is 14.0. The van der Waals surface area contributed by atoms with Crippen LogP contribution in [0.3, 0.4) is 0 Å². The van der Waals surface area contributed by atoms with Gasteiger partial charge in [-0.05, 0) is 36.4 Å². The summed E-state index contributed by atoms with van der Waals surface area (Å²) in [4.78, 5) is 12.6. The predicted molar refractivity (Wildman–Crippen MR) is 93.4 cm³/mol. The Kier molecular flexibility index (Phi) is 6.21. The Morgan fingerprint density at radius 3 is 2.55 bits per heavy atom. The number of hydrogen-bond donors (Lipinski definition) is 2. The molecule has 7 heteroatoms. The molecule has 1 heterocycles. The van der Waals surface area contributed by atoms with Crippen LogP contribution in [0.4, 0.5) is 5.82 Å². The van der Waals surface area contributed by atoms with Crippen LogP contribution in [0.25, 0.3) is 0 Å². The average Bonchev–Trinajstić information content (AvgIpc) is 2.55. The molecule has 5 nitrogen and oxygen atoms in total. The Bertz CT molecular complexity index is 618. The van der Waals surface area contributed by atoms with Crippen molar-refractivity contribution < 1.29 is 4.79 Å². The summed E-state index contributed by atoms with van der Waals surface area (Å²) < 4.78 is 1.08. The standard InChI is InChI=1S/C15H17BrN4OS/c1-10(22-12-5-3-11(16)4-6-12)9-18-14-8-7-13(19-20-14)15(21)17-2/h3-8,10H,9H2,1-2H3,(H,17,21)(H,18,20). The van der Waals surface area contributed by atoms with Gasteiger partial charge in [-0.15, -0.1) is 22.0 Å². The Hall–Kier alpha value is -1.60. The van der Waals surface area contributed by atoms with Crippen molar-refractivity contribution in [3.63, 3.8) is 0 Å². The van der Waals surface area contributed by atoms with Gasteiger partial charge in [0, 0.05) is 28.2 Å². The number of anilines is 1. The van der Waals surface area contributed by atoms with Crippen LogP contribution < -0.4 is 10.6 Å². The second-order valence-corrected chi connectivity index (χ2v) is 7.07. The molecular weight excluding hydrogens is 364 g/mol. The highest BCUT2D eigenvalue weighted by molar-refractivity contribution is 9.10. The quantitative estimate of drug-likeness (QED) is 0.753. The zero-order valence-corrected chi connectivity index (χ0v) is 14.7. The van der Waals surface area contributed by atoms with Gasteiger partial charge in [0.2, 0.25) is 0 Å². The van der Waals surface area contributed by atoms with Gasteiger partial charge in [-0.2, -0.15) is 0 Å². The molecule has 2 rings (SSSR count). The number of aromatic nitrogens is 2. The number of thioether (sulfide) groups is 1. The SMILES string of the molecule is CNC(=O)c1ccc(NCC(C)Sc2ccc(Br)cc2)nn1. The molecule has 0 aliphatic carbocycles. The molecule has 2 aromatic rings. The lowest BCUT2D eigenvalue weighted by atomic mass is 10.3. The van der Waals surface area contributed by atoms with E-state index in [1.165, 1.54) is 4.90 Å². The largest absolute Gasteiger partial charge is 0.367 e. The molecule has 1 atom stereocenters. The van der Waals surface area contributed by atoms with E-state index in [0.717, 1.165) is 11.0 Å². The number of nitrogens with one attached hydrogen (secondary N) is 2. The second-order valence-electron chi connectivity index (χ2n) is 4.65. The zero-order valence-electron chi connectivity index (χ0n) is 12.3. The van der Waals surface area contributed by atoms with Crippen LogP contribution in [0.15, 0.2) is 45.8 Å². The van der Waals surface area contributed by atoms with Crippen LogP contribution >= 0.6 is 27.7 Å². The van der Waals surface area contributed by atoms with Crippen LogP contribution in [-0.4, -0.2) is 34.9 Å². The summed E-state index contributed by atoms with van der Waals surface area (Å²) in [5.41, 5.74) is 0.310. The van der Waals surface area contributed by atoms with Crippen LogP contribution in [0, 0.1) is 0 Å². The van der Waals surface area contributed by atoms with E-state index in [1.807, 2.05) is 12.1 Å². The molecule has 0 aliphatic heterocycles. The van der Waals surface area contributed by atoms with Crippen molar-refractivity contribution in [3.05, 3.63) is 46.6 Å². The molecular formula is C15H17BrN4OS. The smallest absolute Gasteiger partial charge is 0.271 e. The van der Waals surface area contributed by atoms with Gasteiger partial charge in [-0.1, -0.05) is 22.9 Å². The molecule has 0 fully saturated rings. The van der Waals surface area contributed by atoms with Crippen LogP contribution in [-0.2, 0) is 0 Å². The predicted octanol–water partition coefficient (Wildman–Crippen LogP) is 3.19. The fourth-order valence-corrected chi connectivity index (χ4v) is 2.90. The minimum absolute atomic E-state index is 0.238. The number of hydrogen-bond acceptors (Lipinski definition) is 5. The third-order valence-corrected chi connectivity index (χ3v) is 4.49. The Morgan fingerprint density at radius 1 is 1.23 bits per heavy atom. The Balaban J connectivity index is 1.84. The highest BCUT2D eigenvalue weighted by Gasteiger charge is 2.07. The van der Waals surface area contributed by atoms with E-state index in [4.69, 9.17) is 0 Å². The highest BCUT2D eigenvalue weighted by atomic mass is 79.9. The van der Waals surface area contributed by atoms with E-state index in [9.17, 15) is 4.79 Å². The summed E-state index contributed by atoms with van der Waals surface area (Å²) in [7, 11) is 1.57. The van der Waals surface area contributed by atoms with E-state index < -0.39 is 0 Å². The van der Waals surface area contributed by atoms with Crippen molar-refractivity contribution in [1.82, 2.24) is 15.5 Å². The highest BCUT2D eigenvalue weighted by Crippen LogP contribution is 2.24. The number of carbonyl (C=O) groups is 1. The van der Waals surface area contributed by atoms with Gasteiger partial charge in [0.1, 0.15) is 5.82 Å². The topological polar surface area (TPSA) is 66.9 Å². The molecule has 0 saturated heterocycles. The third kappa shape index (κ3) is 4.99. The van der Waals surface area contributed by atoms with E-state index in [1.54, 1.807) is 30.9 Å². The van der Waals surface area contributed by atoms with Crippen molar-refractivity contribution >= 4 is 39.4 Å². The van der Waals surface area contributed by atoms with Crippen molar-refractivity contribution in [2.45, 2.75) is 17.1 Å². The monoisotopic (exact) mass is 380 g/mol. The molecule has 1 aromatic heterocycles. The number of nitrogens with zero attached hydrogens (tertiary/aromatic N) is 2. The van der Waals surface area contributed by atoms with Gasteiger partial charge in [0.15, 0.2) is 5.69 Å². The maximum Gasteiger partial charge on any atom is 0.271 e. The van der Waals surface area contributed by atoms with Crippen LogP contribution in [0.1, 0.15) is 17.4 Å². The lowest BCUT2D eigenvalue weighted by molar-refractivity contribution is 0.0957. The normalized spacial score (nSPS) is 11.8. The molecule has 0 spiro atoms. The van der Waals surface area contributed by atoms with Crippen molar-refractivity contribution in [1.29, 1.82) is 0 Å². The third-order valence-electron chi connectivity index (χ3n) is 2.85. The van der Waals surface area contributed by atoms with Gasteiger partial charge in [0.25, 0.3) is 5.91 Å². The molecule has 116 valence electrons. The van der Waals surface area contributed by atoms with Gasteiger partial charge in [0.05, 0.1) is 0 Å². The first kappa shape index (κ1) is 16.8. The number of amides is 1. The van der Waals surface area contributed by atoms with E-state index in [-0.39, 0.29) is 5.91 Å². The van der Waals surface area contributed by atoms with Gasteiger partial charge in [-0.3, -0.25) is 4.79 Å². The Labute approximate surface area is 142 Å². The molecule has 1 aromatic carbocycles. The molecule has 1 amide bonds. The number of halogens is 1. The van der Waals surface area contributed by atoms with E-state index in [2.05, 4.69) is 55.8 Å². The molecule has 0 radical (unpaired) electrons. The van der Waals surface area contributed by atoms with E-state index >= 15 is 0 Å². The fourth-order valence-electron chi connectivity index (χ4n) is 1.71. The van der Waals surface area contributed by atoms with Gasteiger partial charge < -0.3 is 10.6 Å². The lowest BCUT2D eigenvalue weighted by Crippen LogP contribution is -2.20. The first-order valence-corrected chi connectivity index (χ1v) is 8.47.